The van der Waals surface area contributed by atoms with E-state index in [2.05, 4.69) is 17.5 Å². The minimum Gasteiger partial charge on any atom is -0.484 e. The fourth-order valence-corrected chi connectivity index (χ4v) is 1.40. The molecule has 0 aliphatic heterocycles. The standard InChI is InChI=1S/C13H18N2O2/c1-5-14-15-13(16)8-17-12-6-9(2)11(4)10(3)7-12/h5-7H,8H2,1-4H3,(H,15,16)/b14-5-. The molecule has 0 aliphatic carbocycles. The van der Waals surface area contributed by atoms with Crippen LogP contribution in [0.5, 0.6) is 5.75 Å². The van der Waals surface area contributed by atoms with Crippen molar-refractivity contribution in [1.82, 2.24) is 5.43 Å². The lowest BCUT2D eigenvalue weighted by Gasteiger charge is -2.10. The number of rotatable bonds is 4. The number of nitrogens with one attached hydrogen (secondary N) is 1. The molecule has 1 N–H and O–H groups in total. The summed E-state index contributed by atoms with van der Waals surface area (Å²) < 4.78 is 5.40. The molecule has 0 atom stereocenters. The molecule has 0 heterocycles. The van der Waals surface area contributed by atoms with E-state index in [9.17, 15) is 4.79 Å². The molecule has 1 amide bonds. The summed E-state index contributed by atoms with van der Waals surface area (Å²) in [6.45, 7) is 7.82. The van der Waals surface area contributed by atoms with Crippen molar-refractivity contribution in [3.8, 4) is 5.75 Å². The molecule has 0 aliphatic rings. The SMILES string of the molecule is C/C=N\NC(=O)COc1cc(C)c(C)c(C)c1. The maximum absolute atomic E-state index is 11.3. The topological polar surface area (TPSA) is 50.7 Å². The summed E-state index contributed by atoms with van der Waals surface area (Å²) in [7, 11) is 0. The van der Waals surface area contributed by atoms with Crippen molar-refractivity contribution in [1.29, 1.82) is 0 Å². The number of amides is 1. The third-order valence-corrected chi connectivity index (χ3v) is 2.59. The van der Waals surface area contributed by atoms with Crippen LogP contribution in [0.1, 0.15) is 23.6 Å². The second-order valence-corrected chi connectivity index (χ2v) is 3.89. The third-order valence-electron chi connectivity index (χ3n) is 2.59. The highest BCUT2D eigenvalue weighted by Gasteiger charge is 2.04. The van der Waals surface area contributed by atoms with Crippen molar-refractivity contribution in [2.24, 2.45) is 5.10 Å². The summed E-state index contributed by atoms with van der Waals surface area (Å²) in [5.41, 5.74) is 5.91. The van der Waals surface area contributed by atoms with Gasteiger partial charge in [0, 0.05) is 6.21 Å². The lowest BCUT2D eigenvalue weighted by Crippen LogP contribution is -2.24. The van der Waals surface area contributed by atoms with Crippen LogP contribution >= 0.6 is 0 Å². The van der Waals surface area contributed by atoms with Gasteiger partial charge in [0.2, 0.25) is 0 Å². The van der Waals surface area contributed by atoms with Gasteiger partial charge in [-0.2, -0.15) is 5.10 Å². The third kappa shape index (κ3) is 3.90. The molecule has 4 nitrogen and oxygen atoms in total. The van der Waals surface area contributed by atoms with E-state index in [-0.39, 0.29) is 12.5 Å². The number of carbonyl (C=O) groups excluding carboxylic acids is 1. The molecular weight excluding hydrogens is 216 g/mol. The van der Waals surface area contributed by atoms with Gasteiger partial charge in [0.05, 0.1) is 0 Å². The number of hydrogen-bond acceptors (Lipinski definition) is 3. The van der Waals surface area contributed by atoms with Gasteiger partial charge in [-0.3, -0.25) is 4.79 Å². The average molecular weight is 234 g/mol. The molecular formula is C13H18N2O2. The van der Waals surface area contributed by atoms with Gasteiger partial charge in [0.25, 0.3) is 5.91 Å². The maximum Gasteiger partial charge on any atom is 0.277 e. The van der Waals surface area contributed by atoms with Gasteiger partial charge < -0.3 is 4.74 Å². The number of benzene rings is 1. The second kappa shape index (κ2) is 6.03. The second-order valence-electron chi connectivity index (χ2n) is 3.89. The van der Waals surface area contributed by atoms with E-state index in [1.54, 1.807) is 6.92 Å². The number of hydrazone groups is 1. The predicted molar refractivity (Wildman–Crippen MR) is 68.5 cm³/mol. The van der Waals surface area contributed by atoms with Crippen molar-refractivity contribution < 1.29 is 9.53 Å². The molecule has 1 rings (SSSR count). The fraction of sp³-hybridized carbons (Fsp3) is 0.385. The number of hydrogen-bond donors (Lipinski definition) is 1. The van der Waals surface area contributed by atoms with Crippen LogP contribution < -0.4 is 10.2 Å². The van der Waals surface area contributed by atoms with Crippen LogP contribution in [-0.4, -0.2) is 18.7 Å². The first kappa shape index (κ1) is 13.2. The molecule has 0 spiro atoms. The summed E-state index contributed by atoms with van der Waals surface area (Å²) >= 11 is 0. The van der Waals surface area contributed by atoms with Crippen LogP contribution in [0, 0.1) is 20.8 Å². The predicted octanol–water partition coefficient (Wildman–Crippen LogP) is 2.11. The zero-order valence-electron chi connectivity index (χ0n) is 10.7. The van der Waals surface area contributed by atoms with Crippen molar-refractivity contribution >= 4 is 12.1 Å². The molecule has 0 aromatic heterocycles. The monoisotopic (exact) mass is 234 g/mol. The van der Waals surface area contributed by atoms with Crippen molar-refractivity contribution in [2.45, 2.75) is 27.7 Å². The molecule has 0 bridgehead atoms. The smallest absolute Gasteiger partial charge is 0.277 e. The summed E-state index contributed by atoms with van der Waals surface area (Å²) in [5.74, 6) is 0.445. The Balaban J connectivity index is 2.61. The van der Waals surface area contributed by atoms with E-state index in [4.69, 9.17) is 4.74 Å². The number of aryl methyl sites for hydroxylation is 2. The number of carbonyl (C=O) groups is 1. The Morgan fingerprint density at radius 1 is 1.35 bits per heavy atom. The Hall–Kier alpha value is -1.84. The van der Waals surface area contributed by atoms with Crippen molar-refractivity contribution in [3.05, 3.63) is 28.8 Å². The van der Waals surface area contributed by atoms with Crippen LogP contribution in [0.15, 0.2) is 17.2 Å². The Kier molecular flexibility index (Phi) is 4.69. The molecule has 1 aromatic carbocycles. The van der Waals surface area contributed by atoms with Crippen LogP contribution in [0.4, 0.5) is 0 Å². The molecule has 1 aromatic rings. The maximum atomic E-state index is 11.3. The summed E-state index contributed by atoms with van der Waals surface area (Å²) in [6, 6.07) is 3.86. The van der Waals surface area contributed by atoms with Gasteiger partial charge in [-0.25, -0.2) is 5.43 Å². The zero-order chi connectivity index (χ0) is 12.8. The molecule has 92 valence electrons. The minimum absolute atomic E-state index is 0.0285. The van der Waals surface area contributed by atoms with Crippen molar-refractivity contribution in [3.63, 3.8) is 0 Å². The molecule has 0 fully saturated rings. The summed E-state index contributed by atoms with van der Waals surface area (Å²) in [6.07, 6.45) is 1.51. The van der Waals surface area contributed by atoms with Crippen LogP contribution in [0.2, 0.25) is 0 Å². The van der Waals surface area contributed by atoms with Gasteiger partial charge in [0.15, 0.2) is 6.61 Å². The first-order valence-corrected chi connectivity index (χ1v) is 5.51. The highest BCUT2D eigenvalue weighted by Crippen LogP contribution is 2.20. The highest BCUT2D eigenvalue weighted by atomic mass is 16.5. The van der Waals surface area contributed by atoms with Gasteiger partial charge in [-0.15, -0.1) is 0 Å². The van der Waals surface area contributed by atoms with Crippen LogP contribution in [0.25, 0.3) is 0 Å². The van der Waals surface area contributed by atoms with E-state index in [1.165, 1.54) is 11.8 Å². The zero-order valence-corrected chi connectivity index (χ0v) is 10.7. The minimum atomic E-state index is -0.265. The van der Waals surface area contributed by atoms with Crippen LogP contribution in [0.3, 0.4) is 0 Å². The van der Waals surface area contributed by atoms with E-state index >= 15 is 0 Å². The first-order valence-electron chi connectivity index (χ1n) is 5.51. The number of ether oxygens (including phenoxy) is 1. The molecule has 4 heteroatoms. The Labute approximate surface area is 102 Å². The first-order chi connectivity index (χ1) is 8.04. The van der Waals surface area contributed by atoms with Gasteiger partial charge in [-0.05, 0) is 56.5 Å². The molecule has 0 radical (unpaired) electrons. The fourth-order valence-electron chi connectivity index (χ4n) is 1.40. The Morgan fingerprint density at radius 3 is 2.47 bits per heavy atom. The van der Waals surface area contributed by atoms with Crippen LogP contribution in [-0.2, 0) is 4.79 Å². The Morgan fingerprint density at radius 2 is 1.94 bits per heavy atom. The van der Waals surface area contributed by atoms with E-state index < -0.39 is 0 Å². The van der Waals surface area contributed by atoms with E-state index in [0.717, 1.165) is 11.1 Å². The highest BCUT2D eigenvalue weighted by molar-refractivity contribution is 5.78. The lowest BCUT2D eigenvalue weighted by atomic mass is 10.0. The molecule has 0 saturated carbocycles. The quantitative estimate of drug-likeness (QED) is 0.640. The molecule has 0 unspecified atom stereocenters. The average Bonchev–Trinajstić information content (AvgIpc) is 2.30. The molecule has 0 saturated heterocycles. The van der Waals surface area contributed by atoms with Gasteiger partial charge in [0.1, 0.15) is 5.75 Å². The Bertz CT molecular complexity index is 416. The summed E-state index contributed by atoms with van der Waals surface area (Å²) in [4.78, 5) is 11.3. The number of nitrogens with zero attached hydrogens (tertiary/aromatic N) is 1. The largest absolute Gasteiger partial charge is 0.484 e. The van der Waals surface area contributed by atoms with E-state index in [0.29, 0.717) is 5.75 Å². The van der Waals surface area contributed by atoms with Gasteiger partial charge in [-0.1, -0.05) is 0 Å². The summed E-state index contributed by atoms with van der Waals surface area (Å²) in [5, 5.41) is 3.63. The lowest BCUT2D eigenvalue weighted by molar-refractivity contribution is -0.123. The molecule has 17 heavy (non-hydrogen) atoms. The van der Waals surface area contributed by atoms with Crippen molar-refractivity contribution in [2.75, 3.05) is 6.61 Å². The van der Waals surface area contributed by atoms with Gasteiger partial charge >= 0.3 is 0 Å². The van der Waals surface area contributed by atoms with E-state index in [1.807, 2.05) is 26.0 Å². The normalized spacial score (nSPS) is 10.6.